The van der Waals surface area contributed by atoms with Gasteiger partial charge in [0.1, 0.15) is 5.82 Å². The van der Waals surface area contributed by atoms with Crippen molar-refractivity contribution in [3.63, 3.8) is 0 Å². The summed E-state index contributed by atoms with van der Waals surface area (Å²) >= 11 is 0. The van der Waals surface area contributed by atoms with Crippen molar-refractivity contribution in [3.8, 4) is 0 Å². The average molecular weight is 263 g/mol. The molecule has 6 nitrogen and oxygen atoms in total. The molecule has 1 saturated heterocycles. The molecule has 1 aromatic rings. The minimum Gasteiger partial charge on any atom is -0.409 e. The molecule has 1 fully saturated rings. The van der Waals surface area contributed by atoms with Gasteiger partial charge < -0.3 is 20.7 Å². The third-order valence-corrected chi connectivity index (χ3v) is 3.63. The standard InChI is InChI=1S/C13H21N5O/c1-9-6-11(13(14)16-19)7-12(15-9)18-5-4-17(3)10(2)8-18/h6-7,10,19H,4-5,8H2,1-3H3,(H2,14,16). The Morgan fingerprint density at radius 1 is 1.47 bits per heavy atom. The first-order valence-corrected chi connectivity index (χ1v) is 6.43. The Bertz CT molecular complexity index is 488. The van der Waals surface area contributed by atoms with Crippen LogP contribution in [0.1, 0.15) is 18.2 Å². The molecule has 1 unspecified atom stereocenters. The van der Waals surface area contributed by atoms with Crippen molar-refractivity contribution in [2.45, 2.75) is 19.9 Å². The number of amidine groups is 1. The van der Waals surface area contributed by atoms with Gasteiger partial charge in [-0.3, -0.25) is 0 Å². The molecule has 0 radical (unpaired) electrons. The molecule has 3 N–H and O–H groups in total. The van der Waals surface area contributed by atoms with Gasteiger partial charge in [-0.2, -0.15) is 0 Å². The zero-order chi connectivity index (χ0) is 14.0. The first kappa shape index (κ1) is 13.6. The molecule has 1 atom stereocenters. The monoisotopic (exact) mass is 263 g/mol. The van der Waals surface area contributed by atoms with Crippen molar-refractivity contribution in [1.29, 1.82) is 0 Å². The van der Waals surface area contributed by atoms with Crippen molar-refractivity contribution < 1.29 is 5.21 Å². The van der Waals surface area contributed by atoms with Crippen molar-refractivity contribution >= 4 is 11.7 Å². The number of hydrogen-bond donors (Lipinski definition) is 2. The minimum absolute atomic E-state index is 0.119. The number of nitrogens with two attached hydrogens (primary N) is 1. The van der Waals surface area contributed by atoms with Crippen LogP contribution in [0.5, 0.6) is 0 Å². The molecule has 2 heterocycles. The number of likely N-dealkylation sites (N-methyl/N-ethyl adjacent to an activating group) is 1. The van der Waals surface area contributed by atoms with Gasteiger partial charge in [-0.15, -0.1) is 0 Å². The molecule has 0 saturated carbocycles. The lowest BCUT2D eigenvalue weighted by Crippen LogP contribution is -2.50. The molecule has 0 bridgehead atoms. The summed E-state index contributed by atoms with van der Waals surface area (Å²) in [5.74, 6) is 1.01. The summed E-state index contributed by atoms with van der Waals surface area (Å²) in [6.07, 6.45) is 0. The number of piperazine rings is 1. The summed E-state index contributed by atoms with van der Waals surface area (Å²) in [5.41, 5.74) is 7.23. The topological polar surface area (TPSA) is 78.0 Å². The van der Waals surface area contributed by atoms with Crippen LogP contribution < -0.4 is 10.6 Å². The van der Waals surface area contributed by atoms with Gasteiger partial charge in [0.05, 0.1) is 0 Å². The molecule has 6 heteroatoms. The Morgan fingerprint density at radius 3 is 2.84 bits per heavy atom. The van der Waals surface area contributed by atoms with Crippen LogP contribution >= 0.6 is 0 Å². The van der Waals surface area contributed by atoms with Crippen LogP contribution in [0.2, 0.25) is 0 Å². The van der Waals surface area contributed by atoms with Crippen LogP contribution in [-0.2, 0) is 0 Å². The van der Waals surface area contributed by atoms with E-state index in [2.05, 4.69) is 33.9 Å². The van der Waals surface area contributed by atoms with E-state index in [1.54, 1.807) is 0 Å². The van der Waals surface area contributed by atoms with E-state index in [1.165, 1.54) is 0 Å². The SMILES string of the molecule is Cc1cc(/C(N)=N/O)cc(N2CCN(C)C(C)C2)n1. The van der Waals surface area contributed by atoms with Gasteiger partial charge in [0.15, 0.2) is 5.84 Å². The molecule has 0 aromatic carbocycles. The van der Waals surface area contributed by atoms with Crippen molar-refractivity contribution in [2.75, 3.05) is 31.6 Å². The quantitative estimate of drug-likeness (QED) is 0.354. The summed E-state index contributed by atoms with van der Waals surface area (Å²) in [4.78, 5) is 9.12. The van der Waals surface area contributed by atoms with Crippen LogP contribution in [0.4, 0.5) is 5.82 Å². The summed E-state index contributed by atoms with van der Waals surface area (Å²) in [6, 6.07) is 4.18. The zero-order valence-corrected chi connectivity index (χ0v) is 11.7. The Hall–Kier alpha value is -1.82. The Labute approximate surface area is 113 Å². The highest BCUT2D eigenvalue weighted by Crippen LogP contribution is 2.18. The second-order valence-corrected chi connectivity index (χ2v) is 5.12. The molecule has 19 heavy (non-hydrogen) atoms. The molecule has 1 aromatic heterocycles. The van der Waals surface area contributed by atoms with E-state index >= 15 is 0 Å². The fraction of sp³-hybridized carbons (Fsp3) is 0.538. The van der Waals surface area contributed by atoms with E-state index < -0.39 is 0 Å². The van der Waals surface area contributed by atoms with Gasteiger partial charge in [-0.05, 0) is 33.0 Å². The summed E-state index contributed by atoms with van der Waals surface area (Å²) in [6.45, 7) is 6.99. The van der Waals surface area contributed by atoms with Crippen LogP contribution in [0, 0.1) is 6.92 Å². The molecular weight excluding hydrogens is 242 g/mol. The second kappa shape index (κ2) is 5.44. The van der Waals surface area contributed by atoms with E-state index in [0.717, 1.165) is 31.1 Å². The number of rotatable bonds is 2. The van der Waals surface area contributed by atoms with E-state index in [0.29, 0.717) is 11.6 Å². The number of aromatic nitrogens is 1. The number of aryl methyl sites for hydroxylation is 1. The number of hydrogen-bond acceptors (Lipinski definition) is 5. The average Bonchev–Trinajstić information content (AvgIpc) is 2.40. The van der Waals surface area contributed by atoms with Crippen molar-refractivity contribution in [2.24, 2.45) is 10.9 Å². The summed E-state index contributed by atoms with van der Waals surface area (Å²) in [5, 5.41) is 11.8. The zero-order valence-electron chi connectivity index (χ0n) is 11.7. The maximum atomic E-state index is 8.78. The highest BCUT2D eigenvalue weighted by atomic mass is 16.4. The molecule has 1 aliphatic rings. The lowest BCUT2D eigenvalue weighted by atomic mass is 10.1. The fourth-order valence-electron chi connectivity index (χ4n) is 2.28. The predicted molar refractivity (Wildman–Crippen MR) is 75.8 cm³/mol. The number of anilines is 1. The van der Waals surface area contributed by atoms with E-state index in [-0.39, 0.29) is 5.84 Å². The molecule has 1 aliphatic heterocycles. The van der Waals surface area contributed by atoms with Crippen molar-refractivity contribution in [1.82, 2.24) is 9.88 Å². The van der Waals surface area contributed by atoms with Crippen LogP contribution in [0.3, 0.4) is 0 Å². The van der Waals surface area contributed by atoms with Gasteiger partial charge in [-0.1, -0.05) is 5.16 Å². The normalized spacial score (nSPS) is 21.7. The van der Waals surface area contributed by atoms with Crippen molar-refractivity contribution in [3.05, 3.63) is 23.4 Å². The van der Waals surface area contributed by atoms with Crippen LogP contribution in [0.15, 0.2) is 17.3 Å². The second-order valence-electron chi connectivity index (χ2n) is 5.12. The Morgan fingerprint density at radius 2 is 2.21 bits per heavy atom. The molecule has 0 amide bonds. The minimum atomic E-state index is 0.119. The third-order valence-electron chi connectivity index (χ3n) is 3.63. The first-order chi connectivity index (χ1) is 9.01. The molecule has 0 spiro atoms. The predicted octanol–water partition coefficient (Wildman–Crippen LogP) is 0.625. The maximum Gasteiger partial charge on any atom is 0.170 e. The smallest absolute Gasteiger partial charge is 0.170 e. The highest BCUT2D eigenvalue weighted by Gasteiger charge is 2.22. The number of nitrogens with zero attached hydrogens (tertiary/aromatic N) is 4. The lowest BCUT2D eigenvalue weighted by Gasteiger charge is -2.38. The molecular formula is C13H21N5O. The number of pyridine rings is 1. The van der Waals surface area contributed by atoms with Crippen LogP contribution in [-0.4, -0.2) is 53.7 Å². The van der Waals surface area contributed by atoms with E-state index in [1.807, 2.05) is 19.1 Å². The molecule has 0 aliphatic carbocycles. The lowest BCUT2D eigenvalue weighted by molar-refractivity contribution is 0.233. The summed E-state index contributed by atoms with van der Waals surface area (Å²) < 4.78 is 0. The van der Waals surface area contributed by atoms with Gasteiger partial charge in [0.2, 0.25) is 0 Å². The molecule has 104 valence electrons. The Kier molecular flexibility index (Phi) is 3.90. The fourth-order valence-corrected chi connectivity index (χ4v) is 2.28. The summed E-state index contributed by atoms with van der Waals surface area (Å²) in [7, 11) is 2.13. The highest BCUT2D eigenvalue weighted by molar-refractivity contribution is 5.97. The molecule has 2 rings (SSSR count). The van der Waals surface area contributed by atoms with E-state index in [4.69, 9.17) is 10.9 Å². The third kappa shape index (κ3) is 2.96. The first-order valence-electron chi connectivity index (χ1n) is 6.43. The van der Waals surface area contributed by atoms with Gasteiger partial charge in [0.25, 0.3) is 0 Å². The Balaban J connectivity index is 2.27. The van der Waals surface area contributed by atoms with Crippen LogP contribution in [0.25, 0.3) is 0 Å². The van der Waals surface area contributed by atoms with Gasteiger partial charge >= 0.3 is 0 Å². The van der Waals surface area contributed by atoms with Gasteiger partial charge in [-0.25, -0.2) is 4.98 Å². The largest absolute Gasteiger partial charge is 0.409 e. The van der Waals surface area contributed by atoms with Gasteiger partial charge in [0, 0.05) is 36.9 Å². The van der Waals surface area contributed by atoms with E-state index in [9.17, 15) is 0 Å². The maximum absolute atomic E-state index is 8.78. The number of oxime groups is 1.